The lowest BCUT2D eigenvalue weighted by Crippen LogP contribution is -2.53. The van der Waals surface area contributed by atoms with Crippen molar-refractivity contribution in [2.24, 2.45) is 0 Å². The van der Waals surface area contributed by atoms with E-state index in [1.807, 2.05) is 21.9 Å². The largest absolute Gasteiger partial charge is 0.497 e. The molecule has 2 aliphatic heterocycles. The highest BCUT2D eigenvalue weighted by atomic mass is 19.1. The van der Waals surface area contributed by atoms with Gasteiger partial charge in [-0.05, 0) is 42.8 Å². The third kappa shape index (κ3) is 5.93. The molecule has 8 heteroatoms. The summed E-state index contributed by atoms with van der Waals surface area (Å²) in [7, 11) is 1.67. The van der Waals surface area contributed by atoms with Crippen LogP contribution in [0.15, 0.2) is 42.5 Å². The predicted molar refractivity (Wildman–Crippen MR) is 130 cm³/mol. The van der Waals surface area contributed by atoms with Crippen LogP contribution in [-0.4, -0.2) is 92.4 Å². The highest BCUT2D eigenvalue weighted by Crippen LogP contribution is 2.22. The third-order valence-corrected chi connectivity index (χ3v) is 6.72. The van der Waals surface area contributed by atoms with Gasteiger partial charge in [0.05, 0.1) is 19.3 Å². The Kier molecular flexibility index (Phi) is 7.80. The van der Waals surface area contributed by atoms with Gasteiger partial charge in [0.15, 0.2) is 5.78 Å². The number of methoxy groups -OCH3 is 1. The van der Waals surface area contributed by atoms with E-state index < -0.39 is 0 Å². The summed E-state index contributed by atoms with van der Waals surface area (Å²) >= 11 is 0. The number of amides is 1. The lowest BCUT2D eigenvalue weighted by atomic mass is 10.1. The van der Waals surface area contributed by atoms with Crippen molar-refractivity contribution in [2.75, 3.05) is 70.9 Å². The van der Waals surface area contributed by atoms with E-state index in [0.29, 0.717) is 44.0 Å². The molecule has 2 aliphatic rings. The van der Waals surface area contributed by atoms with Gasteiger partial charge in [-0.1, -0.05) is 12.1 Å². The number of carbonyl (C=O) groups excluding carboxylic acids is 2. The standard InChI is InChI=1S/C26H33FN4O3/c1-20(32)22-5-8-25(24(27)17-22)30-13-9-29(10-14-30)19-26(33)31-15-11-28(12-16-31)18-21-3-6-23(34-2)7-4-21/h3-8,17H,9-16,18-19H2,1-2H3. The van der Waals surface area contributed by atoms with E-state index in [-0.39, 0.29) is 17.5 Å². The fourth-order valence-electron chi connectivity index (χ4n) is 4.57. The van der Waals surface area contributed by atoms with E-state index in [1.54, 1.807) is 19.2 Å². The van der Waals surface area contributed by atoms with Gasteiger partial charge in [0.1, 0.15) is 11.6 Å². The van der Waals surface area contributed by atoms with Crippen LogP contribution in [0.1, 0.15) is 22.8 Å². The number of carbonyl (C=O) groups is 2. The molecule has 2 aromatic carbocycles. The van der Waals surface area contributed by atoms with Crippen LogP contribution in [0.25, 0.3) is 0 Å². The molecule has 0 N–H and O–H groups in total. The number of anilines is 1. The summed E-state index contributed by atoms with van der Waals surface area (Å²) < 4.78 is 19.7. The molecule has 1 amide bonds. The lowest BCUT2D eigenvalue weighted by molar-refractivity contribution is -0.134. The molecule has 0 unspecified atom stereocenters. The van der Waals surface area contributed by atoms with Crippen molar-refractivity contribution in [2.45, 2.75) is 13.5 Å². The summed E-state index contributed by atoms with van der Waals surface area (Å²) in [6.45, 7) is 8.63. The smallest absolute Gasteiger partial charge is 0.236 e. The Morgan fingerprint density at radius 3 is 2.12 bits per heavy atom. The zero-order valence-electron chi connectivity index (χ0n) is 20.0. The molecule has 2 saturated heterocycles. The number of ether oxygens (including phenoxy) is 1. The fraction of sp³-hybridized carbons (Fsp3) is 0.462. The number of hydrogen-bond acceptors (Lipinski definition) is 6. The molecular weight excluding hydrogens is 435 g/mol. The first-order valence-electron chi connectivity index (χ1n) is 11.8. The topological polar surface area (TPSA) is 56.3 Å². The van der Waals surface area contributed by atoms with Crippen molar-refractivity contribution < 1.29 is 18.7 Å². The van der Waals surface area contributed by atoms with Gasteiger partial charge in [-0.3, -0.25) is 19.4 Å². The van der Waals surface area contributed by atoms with Crippen LogP contribution in [0.2, 0.25) is 0 Å². The maximum absolute atomic E-state index is 14.5. The molecule has 182 valence electrons. The zero-order chi connectivity index (χ0) is 24.1. The first-order valence-corrected chi connectivity index (χ1v) is 11.8. The summed E-state index contributed by atoms with van der Waals surface area (Å²) in [5, 5.41) is 0. The zero-order valence-corrected chi connectivity index (χ0v) is 20.0. The van der Waals surface area contributed by atoms with Crippen LogP contribution in [0.5, 0.6) is 5.75 Å². The minimum absolute atomic E-state index is 0.143. The molecule has 0 bridgehead atoms. The van der Waals surface area contributed by atoms with Crippen LogP contribution < -0.4 is 9.64 Å². The van der Waals surface area contributed by atoms with Gasteiger partial charge in [0.25, 0.3) is 0 Å². The predicted octanol–water partition coefficient (Wildman–Crippen LogP) is 2.50. The Morgan fingerprint density at radius 1 is 0.882 bits per heavy atom. The molecule has 0 aliphatic carbocycles. The van der Waals surface area contributed by atoms with Crippen LogP contribution in [0.4, 0.5) is 10.1 Å². The average Bonchev–Trinajstić information content (AvgIpc) is 2.85. The minimum Gasteiger partial charge on any atom is -0.497 e. The Labute approximate surface area is 200 Å². The highest BCUT2D eigenvalue weighted by Gasteiger charge is 2.25. The lowest BCUT2D eigenvalue weighted by Gasteiger charge is -2.38. The van der Waals surface area contributed by atoms with Gasteiger partial charge < -0.3 is 14.5 Å². The van der Waals surface area contributed by atoms with E-state index in [1.165, 1.54) is 18.6 Å². The Balaban J connectivity index is 1.20. The van der Waals surface area contributed by atoms with Gasteiger partial charge in [-0.2, -0.15) is 0 Å². The second-order valence-corrected chi connectivity index (χ2v) is 8.99. The monoisotopic (exact) mass is 468 g/mol. The van der Waals surface area contributed by atoms with Crippen molar-refractivity contribution in [3.05, 3.63) is 59.4 Å². The number of halogens is 1. The van der Waals surface area contributed by atoms with E-state index >= 15 is 0 Å². The second kappa shape index (κ2) is 11.0. The number of rotatable bonds is 7. The normalized spacial score (nSPS) is 17.6. The van der Waals surface area contributed by atoms with Gasteiger partial charge >= 0.3 is 0 Å². The number of hydrogen-bond donors (Lipinski definition) is 0. The SMILES string of the molecule is COc1ccc(CN2CCN(C(=O)CN3CCN(c4ccc(C(C)=O)cc4F)CC3)CC2)cc1. The summed E-state index contributed by atoms with van der Waals surface area (Å²) in [4.78, 5) is 32.8. The molecule has 0 spiro atoms. The van der Waals surface area contributed by atoms with Crippen molar-refractivity contribution in [3.8, 4) is 5.75 Å². The van der Waals surface area contributed by atoms with Crippen molar-refractivity contribution >= 4 is 17.4 Å². The quantitative estimate of drug-likeness (QED) is 0.582. The molecule has 0 aromatic heterocycles. The Morgan fingerprint density at radius 2 is 1.53 bits per heavy atom. The van der Waals surface area contributed by atoms with E-state index in [2.05, 4.69) is 21.9 Å². The number of ketones is 1. The molecule has 0 atom stereocenters. The van der Waals surface area contributed by atoms with Gasteiger partial charge in [0, 0.05) is 64.5 Å². The first-order chi connectivity index (χ1) is 16.4. The van der Waals surface area contributed by atoms with Crippen molar-refractivity contribution in [3.63, 3.8) is 0 Å². The van der Waals surface area contributed by atoms with Crippen LogP contribution in [-0.2, 0) is 11.3 Å². The molecule has 34 heavy (non-hydrogen) atoms. The van der Waals surface area contributed by atoms with E-state index in [4.69, 9.17) is 4.74 Å². The number of piperazine rings is 2. The van der Waals surface area contributed by atoms with E-state index in [0.717, 1.165) is 38.5 Å². The van der Waals surface area contributed by atoms with E-state index in [9.17, 15) is 14.0 Å². The van der Waals surface area contributed by atoms with Gasteiger partial charge in [-0.25, -0.2) is 4.39 Å². The summed E-state index contributed by atoms with van der Waals surface area (Å²) in [5.41, 5.74) is 2.14. The maximum atomic E-state index is 14.5. The fourth-order valence-corrected chi connectivity index (χ4v) is 4.57. The highest BCUT2D eigenvalue weighted by molar-refractivity contribution is 5.94. The van der Waals surface area contributed by atoms with Crippen LogP contribution in [0, 0.1) is 5.82 Å². The van der Waals surface area contributed by atoms with Crippen LogP contribution >= 0.6 is 0 Å². The molecule has 0 saturated carbocycles. The van der Waals surface area contributed by atoms with Crippen molar-refractivity contribution in [1.82, 2.24) is 14.7 Å². The third-order valence-electron chi connectivity index (χ3n) is 6.72. The maximum Gasteiger partial charge on any atom is 0.236 e. The number of Topliss-reactive ketones (excluding diaryl/α,β-unsaturated/α-hetero) is 1. The molecule has 2 fully saturated rings. The Bertz CT molecular complexity index is 998. The number of nitrogens with zero attached hydrogens (tertiary/aromatic N) is 4. The van der Waals surface area contributed by atoms with Crippen molar-refractivity contribution in [1.29, 1.82) is 0 Å². The summed E-state index contributed by atoms with van der Waals surface area (Å²) in [6.07, 6.45) is 0. The van der Waals surface area contributed by atoms with Gasteiger partial charge in [-0.15, -0.1) is 0 Å². The summed E-state index contributed by atoms with van der Waals surface area (Å²) in [6, 6.07) is 12.8. The first kappa shape index (κ1) is 24.2. The average molecular weight is 469 g/mol. The molecule has 2 heterocycles. The Hall–Kier alpha value is -2.97. The minimum atomic E-state index is -0.371. The number of benzene rings is 2. The van der Waals surface area contributed by atoms with Crippen LogP contribution in [0.3, 0.4) is 0 Å². The van der Waals surface area contributed by atoms with Gasteiger partial charge in [0.2, 0.25) is 5.91 Å². The summed E-state index contributed by atoms with van der Waals surface area (Å²) in [5.74, 6) is 0.505. The molecule has 2 aromatic rings. The molecule has 0 radical (unpaired) electrons. The second-order valence-electron chi connectivity index (χ2n) is 8.99. The molecule has 7 nitrogen and oxygen atoms in total. The molecular formula is C26H33FN4O3. The molecule has 4 rings (SSSR count).